The number of halogens is 1. The van der Waals surface area contributed by atoms with E-state index in [2.05, 4.69) is 21.2 Å². The van der Waals surface area contributed by atoms with E-state index in [0.29, 0.717) is 18.8 Å². The van der Waals surface area contributed by atoms with Crippen LogP contribution in [0.3, 0.4) is 0 Å². The van der Waals surface area contributed by atoms with Crippen LogP contribution in [0.4, 0.5) is 0 Å². The van der Waals surface area contributed by atoms with Crippen LogP contribution in [-0.2, 0) is 16.1 Å². The van der Waals surface area contributed by atoms with Gasteiger partial charge in [0, 0.05) is 17.6 Å². The number of nitrogens with zero attached hydrogens (tertiary/aromatic N) is 1. The highest BCUT2D eigenvalue weighted by molar-refractivity contribution is 9.10. The van der Waals surface area contributed by atoms with Gasteiger partial charge in [-0.15, -0.1) is 0 Å². The van der Waals surface area contributed by atoms with Crippen LogP contribution in [0.5, 0.6) is 5.75 Å². The van der Waals surface area contributed by atoms with E-state index >= 15 is 0 Å². The maximum absolute atomic E-state index is 12.8. The molecule has 27 heavy (non-hydrogen) atoms. The zero-order valence-corrected chi connectivity index (χ0v) is 17.2. The molecule has 1 unspecified atom stereocenters. The first-order valence-electron chi connectivity index (χ1n) is 9.00. The molecule has 0 aromatic heterocycles. The monoisotopic (exact) mass is 432 g/mol. The molecule has 0 aliphatic heterocycles. The summed E-state index contributed by atoms with van der Waals surface area (Å²) >= 11 is 3.37. The summed E-state index contributed by atoms with van der Waals surface area (Å²) in [4.78, 5) is 26.8. The van der Waals surface area contributed by atoms with Crippen LogP contribution < -0.4 is 10.1 Å². The lowest BCUT2D eigenvalue weighted by Gasteiger charge is -2.28. The van der Waals surface area contributed by atoms with Crippen molar-refractivity contribution in [3.8, 4) is 5.75 Å². The molecule has 1 atom stereocenters. The van der Waals surface area contributed by atoms with Crippen LogP contribution in [0.15, 0.2) is 59.1 Å². The summed E-state index contributed by atoms with van der Waals surface area (Å²) in [5, 5.41) is 2.85. The van der Waals surface area contributed by atoms with Crippen LogP contribution in [-0.4, -0.2) is 35.9 Å². The predicted octanol–water partition coefficient (Wildman–Crippen LogP) is 3.77. The fraction of sp³-hybridized carbons (Fsp3) is 0.333. The van der Waals surface area contributed by atoms with Crippen LogP contribution in [0.1, 0.15) is 25.8 Å². The quantitative estimate of drug-likeness (QED) is 0.655. The number of amides is 2. The number of hydrogen-bond donors (Lipinski definition) is 1. The minimum absolute atomic E-state index is 0.125. The lowest BCUT2D eigenvalue weighted by molar-refractivity contribution is -0.142. The van der Waals surface area contributed by atoms with Crippen molar-refractivity contribution < 1.29 is 14.3 Å². The predicted molar refractivity (Wildman–Crippen MR) is 109 cm³/mol. The number of ether oxygens (including phenoxy) is 1. The number of nitrogens with one attached hydrogen (secondary N) is 1. The molecule has 0 saturated heterocycles. The van der Waals surface area contributed by atoms with Crippen LogP contribution in [0.25, 0.3) is 0 Å². The van der Waals surface area contributed by atoms with Gasteiger partial charge in [-0.3, -0.25) is 9.59 Å². The second kappa shape index (κ2) is 10.7. The van der Waals surface area contributed by atoms with Crippen molar-refractivity contribution in [3.05, 3.63) is 64.6 Å². The van der Waals surface area contributed by atoms with Crippen molar-refractivity contribution in [2.24, 2.45) is 0 Å². The fourth-order valence-electron chi connectivity index (χ4n) is 2.52. The minimum atomic E-state index is -0.585. The Balaban J connectivity index is 2.08. The maximum atomic E-state index is 12.8. The molecule has 2 aromatic rings. The van der Waals surface area contributed by atoms with Crippen LogP contribution in [0, 0.1) is 0 Å². The normalized spacial score (nSPS) is 11.5. The summed E-state index contributed by atoms with van der Waals surface area (Å²) in [6, 6.07) is 16.3. The molecule has 0 radical (unpaired) electrons. The molecule has 5 nitrogen and oxygen atoms in total. The van der Waals surface area contributed by atoms with Crippen molar-refractivity contribution in [3.63, 3.8) is 0 Å². The van der Waals surface area contributed by atoms with E-state index in [0.717, 1.165) is 16.5 Å². The van der Waals surface area contributed by atoms with Gasteiger partial charge in [-0.2, -0.15) is 0 Å². The zero-order chi connectivity index (χ0) is 19.6. The highest BCUT2D eigenvalue weighted by atomic mass is 79.9. The van der Waals surface area contributed by atoms with Gasteiger partial charge in [-0.05, 0) is 43.2 Å². The third-order valence-corrected chi connectivity index (χ3v) is 4.62. The second-order valence-electron chi connectivity index (χ2n) is 6.22. The molecule has 0 aliphatic rings. The Morgan fingerprint density at radius 1 is 1.11 bits per heavy atom. The van der Waals surface area contributed by atoms with E-state index in [-0.39, 0.29) is 18.4 Å². The largest absolute Gasteiger partial charge is 0.484 e. The van der Waals surface area contributed by atoms with Crippen LogP contribution >= 0.6 is 15.9 Å². The third-order valence-electron chi connectivity index (χ3n) is 4.09. The first-order valence-corrected chi connectivity index (χ1v) is 9.80. The molecule has 2 rings (SSSR count). The van der Waals surface area contributed by atoms with Gasteiger partial charge < -0.3 is 15.0 Å². The number of benzene rings is 2. The Labute approximate surface area is 168 Å². The van der Waals surface area contributed by atoms with Gasteiger partial charge in [0.15, 0.2) is 6.61 Å². The van der Waals surface area contributed by atoms with Crippen molar-refractivity contribution in [1.29, 1.82) is 0 Å². The van der Waals surface area contributed by atoms with E-state index in [1.807, 2.05) is 49.4 Å². The molecule has 2 amide bonds. The topological polar surface area (TPSA) is 58.6 Å². The summed E-state index contributed by atoms with van der Waals surface area (Å²) in [5.41, 5.74) is 0.963. The highest BCUT2D eigenvalue weighted by Crippen LogP contribution is 2.17. The second-order valence-corrected chi connectivity index (χ2v) is 7.13. The smallest absolute Gasteiger partial charge is 0.261 e. The molecule has 0 spiro atoms. The van der Waals surface area contributed by atoms with E-state index in [1.165, 1.54) is 0 Å². The van der Waals surface area contributed by atoms with Gasteiger partial charge in [0.1, 0.15) is 11.8 Å². The summed E-state index contributed by atoms with van der Waals surface area (Å²) < 4.78 is 6.55. The first kappa shape index (κ1) is 21.0. The Bertz CT molecular complexity index is 735. The van der Waals surface area contributed by atoms with Crippen molar-refractivity contribution in [2.45, 2.75) is 32.9 Å². The molecular weight excluding hydrogens is 408 g/mol. The molecule has 0 fully saturated rings. The molecular formula is C21H25BrN2O3. The zero-order valence-electron chi connectivity index (χ0n) is 15.7. The minimum Gasteiger partial charge on any atom is -0.484 e. The van der Waals surface area contributed by atoms with Gasteiger partial charge in [0.2, 0.25) is 5.91 Å². The maximum Gasteiger partial charge on any atom is 0.261 e. The van der Waals surface area contributed by atoms with Crippen molar-refractivity contribution in [1.82, 2.24) is 10.2 Å². The molecule has 0 heterocycles. The van der Waals surface area contributed by atoms with Crippen LogP contribution in [0.2, 0.25) is 0 Å². The van der Waals surface area contributed by atoms with Crippen molar-refractivity contribution in [2.75, 3.05) is 13.2 Å². The first-order chi connectivity index (χ1) is 13.0. The summed E-state index contributed by atoms with van der Waals surface area (Å²) in [6.45, 7) is 4.55. The average molecular weight is 433 g/mol. The number of hydrogen-bond acceptors (Lipinski definition) is 3. The Kier molecular flexibility index (Phi) is 8.33. The van der Waals surface area contributed by atoms with Gasteiger partial charge in [0.25, 0.3) is 5.91 Å². The van der Waals surface area contributed by atoms with Gasteiger partial charge in [-0.25, -0.2) is 0 Å². The average Bonchev–Trinajstić information content (AvgIpc) is 2.69. The van der Waals surface area contributed by atoms with Gasteiger partial charge in [0.05, 0.1) is 0 Å². The molecule has 0 bridgehead atoms. The lowest BCUT2D eigenvalue weighted by Crippen LogP contribution is -2.49. The number of rotatable bonds is 9. The van der Waals surface area contributed by atoms with E-state index in [9.17, 15) is 9.59 Å². The molecule has 2 aromatic carbocycles. The Hall–Kier alpha value is -2.34. The number of carbonyl (C=O) groups is 2. The lowest BCUT2D eigenvalue weighted by atomic mass is 10.1. The summed E-state index contributed by atoms with van der Waals surface area (Å²) in [5.74, 6) is 0.208. The Morgan fingerprint density at radius 2 is 1.78 bits per heavy atom. The molecule has 6 heteroatoms. The third kappa shape index (κ3) is 6.71. The van der Waals surface area contributed by atoms with Gasteiger partial charge >= 0.3 is 0 Å². The summed E-state index contributed by atoms with van der Waals surface area (Å²) in [6.07, 6.45) is 0.845. The Morgan fingerprint density at radius 3 is 2.41 bits per heavy atom. The molecule has 0 aliphatic carbocycles. The SMILES string of the molecule is CCCNC(=O)C(C)N(Cc1ccccc1)C(=O)COc1ccc(Br)cc1. The van der Waals surface area contributed by atoms with E-state index in [1.54, 1.807) is 24.0 Å². The number of carbonyl (C=O) groups excluding carboxylic acids is 2. The van der Waals surface area contributed by atoms with E-state index in [4.69, 9.17) is 4.74 Å². The van der Waals surface area contributed by atoms with Gasteiger partial charge in [-0.1, -0.05) is 53.2 Å². The fourth-order valence-corrected chi connectivity index (χ4v) is 2.78. The standard InChI is InChI=1S/C21H25BrN2O3/c1-3-13-23-21(26)16(2)24(14-17-7-5-4-6-8-17)20(25)15-27-19-11-9-18(22)10-12-19/h4-12,16H,3,13-15H2,1-2H3,(H,23,26). The van der Waals surface area contributed by atoms with Crippen molar-refractivity contribution >= 4 is 27.7 Å². The highest BCUT2D eigenvalue weighted by Gasteiger charge is 2.26. The molecule has 0 saturated carbocycles. The molecule has 144 valence electrons. The van der Waals surface area contributed by atoms with E-state index < -0.39 is 6.04 Å². The molecule has 1 N–H and O–H groups in total. The summed E-state index contributed by atoms with van der Waals surface area (Å²) in [7, 11) is 0.